The van der Waals surface area contributed by atoms with Crippen LogP contribution in [0.25, 0.3) is 0 Å². The molecule has 23 heavy (non-hydrogen) atoms. The van der Waals surface area contributed by atoms with E-state index in [9.17, 15) is 4.79 Å². The van der Waals surface area contributed by atoms with E-state index < -0.39 is 0 Å². The van der Waals surface area contributed by atoms with E-state index in [-0.39, 0.29) is 23.0 Å². The molecule has 8 heteroatoms. The van der Waals surface area contributed by atoms with E-state index in [0.29, 0.717) is 5.16 Å². The fourth-order valence-corrected chi connectivity index (χ4v) is 2.39. The van der Waals surface area contributed by atoms with Gasteiger partial charge in [0.15, 0.2) is 5.56 Å². The van der Waals surface area contributed by atoms with E-state index in [0.717, 1.165) is 11.4 Å². The highest BCUT2D eigenvalue weighted by molar-refractivity contribution is 7.99. The first kappa shape index (κ1) is 16.6. The molecule has 4 N–H and O–H groups in total. The van der Waals surface area contributed by atoms with Crippen molar-refractivity contribution in [1.29, 1.82) is 5.26 Å². The predicted octanol–water partition coefficient (Wildman–Crippen LogP) is 1.15. The number of amides is 1. The Morgan fingerprint density at radius 3 is 2.70 bits per heavy atom. The summed E-state index contributed by atoms with van der Waals surface area (Å²) in [5.74, 6) is 0.184. The Labute approximate surface area is 138 Å². The number of anilines is 3. The molecular formula is C15H17N6OS+. The molecule has 0 radical (unpaired) electrons. The van der Waals surface area contributed by atoms with E-state index >= 15 is 0 Å². The summed E-state index contributed by atoms with van der Waals surface area (Å²) in [4.78, 5) is 20.8. The molecule has 118 valence electrons. The van der Waals surface area contributed by atoms with Gasteiger partial charge in [0.2, 0.25) is 5.91 Å². The van der Waals surface area contributed by atoms with Crippen LogP contribution in [0.2, 0.25) is 0 Å². The van der Waals surface area contributed by atoms with Crippen molar-refractivity contribution in [3.8, 4) is 6.07 Å². The van der Waals surface area contributed by atoms with Gasteiger partial charge < -0.3 is 16.0 Å². The van der Waals surface area contributed by atoms with E-state index in [1.54, 1.807) is 0 Å². The molecule has 2 aromatic rings. The maximum absolute atomic E-state index is 11.9. The molecule has 0 bridgehead atoms. The van der Waals surface area contributed by atoms with Crippen molar-refractivity contribution in [2.75, 3.05) is 35.8 Å². The minimum Gasteiger partial charge on any atom is -0.378 e. The van der Waals surface area contributed by atoms with Crippen molar-refractivity contribution >= 4 is 34.9 Å². The maximum Gasteiger partial charge on any atom is 0.359 e. The molecule has 0 saturated heterocycles. The first-order valence-corrected chi connectivity index (χ1v) is 7.76. The fourth-order valence-electron chi connectivity index (χ4n) is 1.75. The Bertz CT molecular complexity index is 739. The molecule has 0 fully saturated rings. The van der Waals surface area contributed by atoms with Crippen LogP contribution in [0.15, 0.2) is 35.6 Å². The van der Waals surface area contributed by atoms with Crippen molar-refractivity contribution in [3.63, 3.8) is 0 Å². The van der Waals surface area contributed by atoms with Crippen LogP contribution >= 0.6 is 11.8 Å². The topological polar surface area (TPSA) is 109 Å². The summed E-state index contributed by atoms with van der Waals surface area (Å²) in [5.41, 5.74) is 7.70. The van der Waals surface area contributed by atoms with Crippen molar-refractivity contribution in [3.05, 3.63) is 36.0 Å². The highest BCUT2D eigenvalue weighted by atomic mass is 32.2. The zero-order valence-corrected chi connectivity index (χ0v) is 13.6. The molecule has 1 amide bonds. The summed E-state index contributed by atoms with van der Waals surface area (Å²) in [6.45, 7) is 0. The van der Waals surface area contributed by atoms with Crippen LogP contribution in [-0.2, 0) is 4.79 Å². The van der Waals surface area contributed by atoms with Crippen LogP contribution < -0.4 is 20.9 Å². The number of carbonyl (C=O) groups excluding carboxylic acids is 1. The van der Waals surface area contributed by atoms with Crippen LogP contribution in [0, 0.1) is 11.3 Å². The van der Waals surface area contributed by atoms with Crippen LogP contribution in [0.4, 0.5) is 17.2 Å². The second kappa shape index (κ2) is 7.47. The van der Waals surface area contributed by atoms with Crippen LogP contribution in [0.5, 0.6) is 0 Å². The molecule has 0 aliphatic heterocycles. The molecular weight excluding hydrogens is 312 g/mol. The zero-order chi connectivity index (χ0) is 16.8. The molecule has 0 unspecified atom stereocenters. The molecule has 0 spiro atoms. The number of nitrogen functional groups attached to an aromatic ring is 1. The number of H-pyrrole nitrogens is 1. The number of benzene rings is 1. The highest BCUT2D eigenvalue weighted by Crippen LogP contribution is 2.17. The predicted molar refractivity (Wildman–Crippen MR) is 90.0 cm³/mol. The van der Waals surface area contributed by atoms with Gasteiger partial charge in [-0.3, -0.25) is 4.79 Å². The Morgan fingerprint density at radius 1 is 1.43 bits per heavy atom. The van der Waals surface area contributed by atoms with Gasteiger partial charge in [0, 0.05) is 25.5 Å². The number of rotatable bonds is 5. The summed E-state index contributed by atoms with van der Waals surface area (Å²) in [5, 5.41) is 12.1. The van der Waals surface area contributed by atoms with Gasteiger partial charge in [0.05, 0.1) is 5.75 Å². The van der Waals surface area contributed by atoms with Crippen LogP contribution in [-0.4, -0.2) is 30.7 Å². The van der Waals surface area contributed by atoms with Crippen LogP contribution in [0.1, 0.15) is 5.56 Å². The molecule has 1 aromatic heterocycles. The molecule has 2 rings (SSSR count). The van der Waals surface area contributed by atoms with Gasteiger partial charge >= 0.3 is 5.16 Å². The van der Waals surface area contributed by atoms with Crippen molar-refractivity contribution in [2.24, 2.45) is 0 Å². The monoisotopic (exact) mass is 329 g/mol. The van der Waals surface area contributed by atoms with Gasteiger partial charge in [-0.15, -0.1) is 0 Å². The lowest BCUT2D eigenvalue weighted by molar-refractivity contribution is -0.433. The Hall–Kier alpha value is -2.79. The lowest BCUT2D eigenvalue weighted by atomic mass is 10.2. The number of aromatic nitrogens is 2. The van der Waals surface area contributed by atoms with Gasteiger partial charge in [-0.1, -0.05) is 0 Å². The lowest BCUT2D eigenvalue weighted by Crippen LogP contribution is -2.17. The van der Waals surface area contributed by atoms with Gasteiger partial charge in [-0.05, 0) is 41.0 Å². The van der Waals surface area contributed by atoms with E-state index in [2.05, 4.69) is 15.3 Å². The first-order valence-electron chi connectivity index (χ1n) is 6.78. The van der Waals surface area contributed by atoms with E-state index in [4.69, 9.17) is 11.0 Å². The fraction of sp³-hybridized carbons (Fsp3) is 0.200. The van der Waals surface area contributed by atoms with Gasteiger partial charge in [0.25, 0.3) is 5.82 Å². The third-order valence-electron chi connectivity index (χ3n) is 2.97. The summed E-state index contributed by atoms with van der Waals surface area (Å²) < 4.78 is 0. The van der Waals surface area contributed by atoms with E-state index in [1.807, 2.05) is 49.3 Å². The molecule has 1 heterocycles. The molecule has 0 aliphatic rings. The molecule has 0 aliphatic carbocycles. The van der Waals surface area contributed by atoms with Crippen LogP contribution in [0.3, 0.4) is 0 Å². The summed E-state index contributed by atoms with van der Waals surface area (Å²) in [6, 6.07) is 9.48. The number of nitrogens with zero attached hydrogens (tertiary/aromatic N) is 3. The standard InChI is InChI=1S/C15H16N6OS/c1-21(2)12-5-3-11(4-6-12)19-13(22)9-23-15-18-8-10(7-16)14(17)20-15/h3-6,8H,9H2,1-2H3,(H,19,22)(H2,17,18,20)/p+1. The lowest BCUT2D eigenvalue weighted by Gasteiger charge is -2.12. The summed E-state index contributed by atoms with van der Waals surface area (Å²) in [6.07, 6.45) is 1.47. The number of nitriles is 1. The minimum atomic E-state index is -0.147. The Balaban J connectivity index is 1.90. The third kappa shape index (κ3) is 4.59. The van der Waals surface area contributed by atoms with Crippen molar-refractivity contribution in [1.82, 2.24) is 4.98 Å². The average Bonchev–Trinajstić information content (AvgIpc) is 2.53. The smallest absolute Gasteiger partial charge is 0.359 e. The Kier molecular flexibility index (Phi) is 5.38. The first-order chi connectivity index (χ1) is 11.0. The van der Waals surface area contributed by atoms with E-state index in [1.165, 1.54) is 18.0 Å². The number of hydrogen-bond acceptors (Lipinski definition) is 6. The van der Waals surface area contributed by atoms with Crippen molar-refractivity contribution < 1.29 is 9.78 Å². The van der Waals surface area contributed by atoms with Crippen molar-refractivity contribution in [2.45, 2.75) is 5.16 Å². The molecule has 1 aromatic carbocycles. The maximum atomic E-state index is 11.9. The van der Waals surface area contributed by atoms with Gasteiger partial charge in [-0.25, -0.2) is 4.98 Å². The zero-order valence-electron chi connectivity index (χ0n) is 12.8. The quantitative estimate of drug-likeness (QED) is 0.629. The summed E-state index contributed by atoms with van der Waals surface area (Å²) in [7, 11) is 3.91. The normalized spacial score (nSPS) is 9.96. The molecule has 0 saturated carbocycles. The number of nitrogens with one attached hydrogen (secondary N) is 2. The second-order valence-corrected chi connectivity index (χ2v) is 5.86. The Morgan fingerprint density at radius 2 is 2.13 bits per heavy atom. The number of carbonyl (C=O) groups is 1. The average molecular weight is 329 g/mol. The highest BCUT2D eigenvalue weighted by Gasteiger charge is 2.14. The SMILES string of the molecule is CN(C)c1ccc(NC(=O)CSc2nc(N)c(C#N)c[nH+]2)cc1. The van der Waals surface area contributed by atoms with Gasteiger partial charge in [-0.2, -0.15) is 5.26 Å². The molecule has 0 atom stereocenters. The number of aromatic amines is 1. The summed E-state index contributed by atoms with van der Waals surface area (Å²) >= 11 is 1.21. The third-order valence-corrected chi connectivity index (χ3v) is 3.85. The number of thioether (sulfide) groups is 1. The van der Waals surface area contributed by atoms with Gasteiger partial charge in [0.1, 0.15) is 12.3 Å². The minimum absolute atomic E-state index is 0.147. The number of hydrogen-bond donors (Lipinski definition) is 2. The molecule has 7 nitrogen and oxygen atoms in total. The second-order valence-electron chi connectivity index (χ2n) is 4.89. The largest absolute Gasteiger partial charge is 0.378 e. The number of nitrogens with two attached hydrogens (primary N) is 1.